The maximum atomic E-state index is 12.7. The first-order valence-electron chi connectivity index (χ1n) is 9.63. The quantitative estimate of drug-likeness (QED) is 0.670. The van der Waals surface area contributed by atoms with Gasteiger partial charge in [0, 0.05) is 29.4 Å². The zero-order chi connectivity index (χ0) is 20.8. The van der Waals surface area contributed by atoms with E-state index in [4.69, 9.17) is 0 Å². The summed E-state index contributed by atoms with van der Waals surface area (Å²) in [6.07, 6.45) is 2.60. The Balaban J connectivity index is 1.44. The van der Waals surface area contributed by atoms with E-state index in [1.165, 1.54) is 11.0 Å². The largest absolute Gasteiger partial charge is 0.361 e. The maximum Gasteiger partial charge on any atom is 0.262 e. The smallest absolute Gasteiger partial charge is 0.262 e. The molecule has 29 heavy (non-hydrogen) atoms. The zero-order valence-electron chi connectivity index (χ0n) is 16.7. The molecule has 0 saturated heterocycles. The topological polar surface area (TPSA) is 82.3 Å². The highest BCUT2D eigenvalue weighted by molar-refractivity contribution is 6.22. The van der Waals surface area contributed by atoms with Crippen LogP contribution in [0.3, 0.4) is 0 Å². The summed E-state index contributed by atoms with van der Waals surface area (Å²) in [6, 6.07) is 12.8. The van der Waals surface area contributed by atoms with Gasteiger partial charge in [0.05, 0.1) is 11.1 Å². The molecule has 4 rings (SSSR count). The Labute approximate surface area is 168 Å². The first kappa shape index (κ1) is 18.9. The van der Waals surface area contributed by atoms with Crippen molar-refractivity contribution in [1.82, 2.24) is 15.2 Å². The van der Waals surface area contributed by atoms with Gasteiger partial charge in [-0.25, -0.2) is 0 Å². The highest BCUT2D eigenvalue weighted by Crippen LogP contribution is 2.29. The Morgan fingerprint density at radius 2 is 1.76 bits per heavy atom. The van der Waals surface area contributed by atoms with Crippen molar-refractivity contribution in [1.29, 1.82) is 0 Å². The monoisotopic (exact) mass is 389 g/mol. The molecule has 0 saturated carbocycles. The summed E-state index contributed by atoms with van der Waals surface area (Å²) in [5.74, 6) is -0.929. The molecule has 148 valence electrons. The Morgan fingerprint density at radius 3 is 2.52 bits per heavy atom. The molecule has 2 heterocycles. The van der Waals surface area contributed by atoms with Gasteiger partial charge in [0.1, 0.15) is 0 Å². The van der Waals surface area contributed by atoms with Gasteiger partial charge in [0.25, 0.3) is 17.7 Å². The second-order valence-corrected chi connectivity index (χ2v) is 8.28. The van der Waals surface area contributed by atoms with E-state index >= 15 is 0 Å². The van der Waals surface area contributed by atoms with Crippen LogP contribution in [0.5, 0.6) is 0 Å². The van der Waals surface area contributed by atoms with Crippen LogP contribution in [-0.2, 0) is 6.42 Å². The average Bonchev–Trinajstić information content (AvgIpc) is 3.23. The van der Waals surface area contributed by atoms with Crippen molar-refractivity contribution >= 4 is 28.6 Å². The number of amides is 3. The summed E-state index contributed by atoms with van der Waals surface area (Å²) < 4.78 is 0. The van der Waals surface area contributed by atoms with Gasteiger partial charge in [-0.1, -0.05) is 6.07 Å². The lowest BCUT2D eigenvalue weighted by Crippen LogP contribution is -2.45. The molecule has 1 aliphatic heterocycles. The van der Waals surface area contributed by atoms with E-state index in [-0.39, 0.29) is 23.3 Å². The van der Waals surface area contributed by atoms with Crippen LogP contribution in [0, 0.1) is 0 Å². The fourth-order valence-corrected chi connectivity index (χ4v) is 3.67. The van der Waals surface area contributed by atoms with Crippen LogP contribution in [0.4, 0.5) is 0 Å². The number of nitrogens with zero attached hydrogens (tertiary/aromatic N) is 1. The second kappa shape index (κ2) is 6.88. The van der Waals surface area contributed by atoms with E-state index in [2.05, 4.69) is 16.4 Å². The number of benzene rings is 2. The van der Waals surface area contributed by atoms with Gasteiger partial charge in [-0.3, -0.25) is 19.3 Å². The van der Waals surface area contributed by atoms with Crippen molar-refractivity contribution in [3.05, 3.63) is 70.9 Å². The summed E-state index contributed by atoms with van der Waals surface area (Å²) in [5, 5.41) is 4.03. The number of rotatable bonds is 4. The van der Waals surface area contributed by atoms with Crippen LogP contribution in [-0.4, -0.2) is 39.7 Å². The third kappa shape index (κ3) is 3.42. The Bertz CT molecular complexity index is 1140. The predicted octanol–water partition coefficient (Wildman–Crippen LogP) is 3.53. The normalized spacial score (nSPS) is 13.8. The van der Waals surface area contributed by atoms with Crippen LogP contribution in [0.1, 0.15) is 57.4 Å². The van der Waals surface area contributed by atoms with E-state index in [1.807, 2.05) is 45.2 Å². The van der Waals surface area contributed by atoms with E-state index in [0.29, 0.717) is 24.1 Å². The van der Waals surface area contributed by atoms with Crippen LogP contribution in [0.15, 0.2) is 48.7 Å². The average molecular weight is 389 g/mol. The maximum absolute atomic E-state index is 12.7. The number of imide groups is 1. The van der Waals surface area contributed by atoms with Crippen molar-refractivity contribution in [3.63, 3.8) is 0 Å². The number of carbonyl (C=O) groups excluding carboxylic acids is 3. The molecule has 1 aromatic heterocycles. The highest BCUT2D eigenvalue weighted by atomic mass is 16.2. The number of hydrogen-bond donors (Lipinski definition) is 2. The molecule has 0 spiro atoms. The van der Waals surface area contributed by atoms with E-state index < -0.39 is 5.54 Å². The molecule has 2 aromatic carbocycles. The van der Waals surface area contributed by atoms with Crippen LogP contribution >= 0.6 is 0 Å². The molecule has 2 N–H and O–H groups in total. The second-order valence-electron chi connectivity index (χ2n) is 8.28. The molecule has 0 aliphatic carbocycles. The molecular weight excluding hydrogens is 366 g/mol. The minimum atomic E-state index is -0.615. The standard InChI is InChI=1S/C23H23N3O3/c1-23(2,3)26-21(28)17-6-5-16(13-18(17)22(26)29)20(27)25-10-8-14-4-7-19-15(12-14)9-11-24-19/h4-7,9,11-13,24H,8,10H2,1-3H3,(H,25,27). The lowest BCUT2D eigenvalue weighted by atomic mass is 10.1. The molecule has 1 aliphatic rings. The first-order chi connectivity index (χ1) is 13.8. The summed E-state index contributed by atoms with van der Waals surface area (Å²) in [4.78, 5) is 42.2. The van der Waals surface area contributed by atoms with Crippen LogP contribution < -0.4 is 5.32 Å². The molecule has 3 aromatic rings. The highest BCUT2D eigenvalue weighted by Gasteiger charge is 2.42. The third-order valence-corrected chi connectivity index (χ3v) is 5.14. The summed E-state index contributed by atoms with van der Waals surface area (Å²) in [6.45, 7) is 5.92. The number of H-pyrrole nitrogens is 1. The molecule has 6 heteroatoms. The summed E-state index contributed by atoms with van der Waals surface area (Å²) in [5.41, 5.74) is 2.61. The Hall–Kier alpha value is -3.41. The van der Waals surface area contributed by atoms with E-state index in [1.54, 1.807) is 12.1 Å². The molecule has 3 amide bonds. The number of carbonyl (C=O) groups is 3. The van der Waals surface area contributed by atoms with E-state index in [0.717, 1.165) is 16.5 Å². The number of fused-ring (bicyclic) bond motifs is 2. The lowest BCUT2D eigenvalue weighted by molar-refractivity contribution is 0.0507. The van der Waals surface area contributed by atoms with Gasteiger partial charge in [0.15, 0.2) is 0 Å². The number of nitrogens with one attached hydrogen (secondary N) is 2. The van der Waals surface area contributed by atoms with Gasteiger partial charge >= 0.3 is 0 Å². The van der Waals surface area contributed by atoms with Crippen molar-refractivity contribution in [3.8, 4) is 0 Å². The van der Waals surface area contributed by atoms with Gasteiger partial charge < -0.3 is 10.3 Å². The van der Waals surface area contributed by atoms with Crippen molar-refractivity contribution in [2.24, 2.45) is 0 Å². The Kier molecular flexibility index (Phi) is 4.49. The number of hydrogen-bond acceptors (Lipinski definition) is 3. The SMILES string of the molecule is CC(C)(C)N1C(=O)c2ccc(C(=O)NCCc3ccc4[nH]ccc4c3)cc2C1=O. The molecular formula is C23H23N3O3. The number of aromatic nitrogens is 1. The van der Waals surface area contributed by atoms with Crippen LogP contribution in [0.2, 0.25) is 0 Å². The molecule has 0 unspecified atom stereocenters. The lowest BCUT2D eigenvalue weighted by Gasteiger charge is -2.29. The van der Waals surface area contributed by atoms with Gasteiger partial charge in [-0.15, -0.1) is 0 Å². The third-order valence-electron chi connectivity index (χ3n) is 5.14. The fourth-order valence-electron chi connectivity index (χ4n) is 3.67. The van der Waals surface area contributed by atoms with Crippen molar-refractivity contribution in [2.75, 3.05) is 6.54 Å². The summed E-state index contributed by atoms with van der Waals surface area (Å²) in [7, 11) is 0. The molecule has 0 atom stereocenters. The van der Waals surface area contributed by atoms with Gasteiger partial charge in [-0.05, 0) is 74.5 Å². The van der Waals surface area contributed by atoms with Gasteiger partial charge in [0.2, 0.25) is 0 Å². The fraction of sp³-hybridized carbons (Fsp3) is 0.261. The molecule has 0 radical (unpaired) electrons. The van der Waals surface area contributed by atoms with E-state index in [9.17, 15) is 14.4 Å². The molecule has 0 bridgehead atoms. The minimum Gasteiger partial charge on any atom is -0.361 e. The molecule has 6 nitrogen and oxygen atoms in total. The van der Waals surface area contributed by atoms with Crippen LogP contribution in [0.25, 0.3) is 10.9 Å². The minimum absolute atomic E-state index is 0.259. The number of aromatic amines is 1. The summed E-state index contributed by atoms with van der Waals surface area (Å²) >= 11 is 0. The Morgan fingerprint density at radius 1 is 1.00 bits per heavy atom. The zero-order valence-corrected chi connectivity index (χ0v) is 16.7. The first-order valence-corrected chi connectivity index (χ1v) is 9.63. The van der Waals surface area contributed by atoms with Crippen molar-refractivity contribution < 1.29 is 14.4 Å². The molecule has 0 fully saturated rings. The van der Waals surface area contributed by atoms with Crippen molar-refractivity contribution in [2.45, 2.75) is 32.7 Å². The predicted molar refractivity (Wildman–Crippen MR) is 111 cm³/mol. The van der Waals surface area contributed by atoms with Gasteiger partial charge in [-0.2, -0.15) is 0 Å².